The predicted molar refractivity (Wildman–Crippen MR) is 80.0 cm³/mol. The first-order valence-electron chi connectivity index (χ1n) is 7.36. The highest BCUT2D eigenvalue weighted by molar-refractivity contribution is 5.87. The number of carbonyl (C=O) groups is 1. The van der Waals surface area contributed by atoms with Crippen molar-refractivity contribution in [1.82, 2.24) is 9.78 Å². The van der Waals surface area contributed by atoms with Crippen molar-refractivity contribution in [3.63, 3.8) is 0 Å². The number of carboxylic acid groups (broad SMARTS) is 1. The molecule has 1 unspecified atom stereocenters. The van der Waals surface area contributed by atoms with Gasteiger partial charge in [-0.15, -0.1) is 0 Å². The van der Waals surface area contributed by atoms with Crippen LogP contribution in [0.25, 0.3) is 11.3 Å². The maximum Gasteiger partial charge on any atom is 0.354 e. The van der Waals surface area contributed by atoms with E-state index < -0.39 is 11.8 Å². The molecule has 122 valence electrons. The quantitative estimate of drug-likeness (QED) is 0.916. The van der Waals surface area contributed by atoms with Gasteiger partial charge in [0.15, 0.2) is 0 Å². The van der Waals surface area contributed by atoms with Gasteiger partial charge in [0.25, 0.3) is 0 Å². The Balaban J connectivity index is 1.89. The number of aromatic carboxylic acids is 1. The van der Waals surface area contributed by atoms with Crippen LogP contribution < -0.4 is 4.74 Å². The summed E-state index contributed by atoms with van der Waals surface area (Å²) in [5.74, 6) is -1.08. The zero-order valence-electron chi connectivity index (χ0n) is 12.7. The lowest BCUT2D eigenvalue weighted by Crippen LogP contribution is -2.16. The lowest BCUT2D eigenvalue weighted by Gasteiger charge is -2.14. The molecular weight excluding hydrogens is 303 g/mol. The van der Waals surface area contributed by atoms with Gasteiger partial charge in [-0.3, -0.25) is 4.68 Å². The monoisotopic (exact) mass is 320 g/mol. The summed E-state index contributed by atoms with van der Waals surface area (Å²) >= 11 is 0. The lowest BCUT2D eigenvalue weighted by molar-refractivity contribution is 0.0680. The van der Waals surface area contributed by atoms with Gasteiger partial charge in [-0.2, -0.15) is 5.10 Å². The van der Waals surface area contributed by atoms with E-state index in [1.807, 2.05) is 0 Å². The van der Waals surface area contributed by atoms with E-state index in [0.717, 1.165) is 19.4 Å². The van der Waals surface area contributed by atoms with Crippen molar-refractivity contribution in [2.75, 3.05) is 13.2 Å². The summed E-state index contributed by atoms with van der Waals surface area (Å²) in [6.07, 6.45) is 1.97. The van der Waals surface area contributed by atoms with Gasteiger partial charge in [-0.1, -0.05) is 0 Å². The highest BCUT2D eigenvalue weighted by Gasteiger charge is 2.19. The van der Waals surface area contributed by atoms with Gasteiger partial charge in [-0.25, -0.2) is 9.18 Å². The molecule has 1 atom stereocenters. The first-order chi connectivity index (χ1) is 11.0. The molecule has 1 aromatic heterocycles. The fourth-order valence-electron chi connectivity index (χ4n) is 2.59. The van der Waals surface area contributed by atoms with E-state index in [2.05, 4.69) is 5.10 Å². The lowest BCUT2D eigenvalue weighted by atomic mass is 10.1. The Kier molecular flexibility index (Phi) is 4.29. The van der Waals surface area contributed by atoms with E-state index in [9.17, 15) is 9.18 Å². The van der Waals surface area contributed by atoms with E-state index in [1.165, 1.54) is 36.0 Å². The predicted octanol–water partition coefficient (Wildman–Crippen LogP) is 2.48. The van der Waals surface area contributed by atoms with Gasteiger partial charge in [0.05, 0.1) is 11.8 Å². The molecule has 0 bridgehead atoms. The second-order valence-electron chi connectivity index (χ2n) is 5.43. The molecule has 0 radical (unpaired) electrons. The molecule has 1 aromatic carbocycles. The zero-order valence-corrected chi connectivity index (χ0v) is 12.7. The second kappa shape index (κ2) is 6.37. The molecule has 7 heteroatoms. The summed E-state index contributed by atoms with van der Waals surface area (Å²) in [6, 6.07) is 5.51. The molecule has 3 rings (SSSR count). The summed E-state index contributed by atoms with van der Waals surface area (Å²) in [6.45, 7) is 1.10. The SMILES string of the molecule is Cn1nc(-c2cc(F)ccc2OCC2CCCO2)cc1C(=O)O. The molecule has 0 spiro atoms. The van der Waals surface area contributed by atoms with Gasteiger partial charge >= 0.3 is 5.97 Å². The second-order valence-corrected chi connectivity index (χ2v) is 5.43. The summed E-state index contributed by atoms with van der Waals surface area (Å²) in [5, 5.41) is 13.3. The smallest absolute Gasteiger partial charge is 0.354 e. The third kappa shape index (κ3) is 3.34. The van der Waals surface area contributed by atoms with Crippen LogP contribution in [0.4, 0.5) is 4.39 Å². The summed E-state index contributed by atoms with van der Waals surface area (Å²) in [4.78, 5) is 11.1. The van der Waals surface area contributed by atoms with Crippen molar-refractivity contribution in [1.29, 1.82) is 0 Å². The Hall–Kier alpha value is -2.41. The highest BCUT2D eigenvalue weighted by Crippen LogP contribution is 2.31. The zero-order chi connectivity index (χ0) is 16.4. The Bertz CT molecular complexity index is 723. The van der Waals surface area contributed by atoms with E-state index in [-0.39, 0.29) is 11.8 Å². The van der Waals surface area contributed by atoms with E-state index >= 15 is 0 Å². The third-order valence-corrected chi connectivity index (χ3v) is 3.77. The van der Waals surface area contributed by atoms with Gasteiger partial charge in [0.1, 0.15) is 23.9 Å². The van der Waals surface area contributed by atoms with Crippen LogP contribution in [0.5, 0.6) is 5.75 Å². The summed E-state index contributed by atoms with van der Waals surface area (Å²) in [7, 11) is 1.53. The minimum absolute atomic E-state index is 0.0225. The fourth-order valence-corrected chi connectivity index (χ4v) is 2.59. The summed E-state index contributed by atoms with van der Waals surface area (Å²) in [5.41, 5.74) is 0.798. The number of nitrogens with zero attached hydrogens (tertiary/aromatic N) is 2. The van der Waals surface area contributed by atoms with Gasteiger partial charge in [-0.05, 0) is 37.1 Å². The molecule has 1 fully saturated rings. The normalized spacial score (nSPS) is 17.4. The average Bonchev–Trinajstić information content (AvgIpc) is 3.15. The summed E-state index contributed by atoms with van der Waals surface area (Å²) < 4.78 is 26.1. The molecule has 0 amide bonds. The topological polar surface area (TPSA) is 73.6 Å². The van der Waals surface area contributed by atoms with Crippen molar-refractivity contribution in [3.8, 4) is 17.0 Å². The van der Waals surface area contributed by atoms with Crippen LogP contribution in [0.15, 0.2) is 24.3 Å². The number of hydrogen-bond donors (Lipinski definition) is 1. The molecule has 2 aromatic rings. The largest absolute Gasteiger partial charge is 0.490 e. The maximum absolute atomic E-state index is 13.6. The standard InChI is InChI=1S/C16H17FN2O4/c1-19-14(16(20)21)8-13(18-19)12-7-10(17)4-5-15(12)23-9-11-3-2-6-22-11/h4-5,7-8,11H,2-3,6,9H2,1H3,(H,20,21). The number of hydrogen-bond acceptors (Lipinski definition) is 4. The molecule has 1 saturated heterocycles. The van der Waals surface area contributed by atoms with Crippen molar-refractivity contribution >= 4 is 5.97 Å². The molecule has 0 saturated carbocycles. The molecule has 23 heavy (non-hydrogen) atoms. The fraction of sp³-hybridized carbons (Fsp3) is 0.375. The van der Waals surface area contributed by atoms with Crippen LogP contribution in [0.2, 0.25) is 0 Å². The number of halogens is 1. The van der Waals surface area contributed by atoms with Crippen molar-refractivity contribution < 1.29 is 23.8 Å². The molecule has 1 aliphatic heterocycles. The van der Waals surface area contributed by atoms with Gasteiger partial charge in [0.2, 0.25) is 0 Å². The third-order valence-electron chi connectivity index (χ3n) is 3.77. The van der Waals surface area contributed by atoms with Crippen LogP contribution in [0, 0.1) is 5.82 Å². The van der Waals surface area contributed by atoms with E-state index in [1.54, 1.807) is 0 Å². The van der Waals surface area contributed by atoms with Crippen molar-refractivity contribution in [2.45, 2.75) is 18.9 Å². The molecule has 1 N–H and O–H groups in total. The van der Waals surface area contributed by atoms with Crippen LogP contribution in [-0.2, 0) is 11.8 Å². The number of ether oxygens (including phenoxy) is 2. The van der Waals surface area contributed by atoms with Crippen molar-refractivity contribution in [3.05, 3.63) is 35.8 Å². The first-order valence-corrected chi connectivity index (χ1v) is 7.36. The van der Waals surface area contributed by atoms with Crippen LogP contribution in [0.1, 0.15) is 23.3 Å². The number of aromatic nitrogens is 2. The maximum atomic E-state index is 13.6. The molecule has 1 aliphatic rings. The number of aryl methyl sites for hydroxylation is 1. The number of rotatable bonds is 5. The Morgan fingerprint density at radius 1 is 1.52 bits per heavy atom. The van der Waals surface area contributed by atoms with Crippen LogP contribution in [-0.4, -0.2) is 40.2 Å². The molecule has 0 aliphatic carbocycles. The minimum atomic E-state index is -1.09. The van der Waals surface area contributed by atoms with Crippen molar-refractivity contribution in [2.24, 2.45) is 7.05 Å². The van der Waals surface area contributed by atoms with Gasteiger partial charge < -0.3 is 14.6 Å². The van der Waals surface area contributed by atoms with Crippen LogP contribution >= 0.6 is 0 Å². The Morgan fingerprint density at radius 3 is 3.00 bits per heavy atom. The number of benzene rings is 1. The molecule has 6 nitrogen and oxygen atoms in total. The Labute approximate surface area is 132 Å². The highest BCUT2D eigenvalue weighted by atomic mass is 19.1. The van der Waals surface area contributed by atoms with E-state index in [0.29, 0.717) is 23.6 Å². The molecular formula is C16H17FN2O4. The van der Waals surface area contributed by atoms with E-state index in [4.69, 9.17) is 14.6 Å². The average molecular weight is 320 g/mol. The Morgan fingerprint density at radius 2 is 2.35 bits per heavy atom. The minimum Gasteiger partial charge on any atom is -0.490 e. The number of carboxylic acids is 1. The van der Waals surface area contributed by atoms with Gasteiger partial charge in [0, 0.05) is 19.2 Å². The molecule has 2 heterocycles. The van der Waals surface area contributed by atoms with Crippen LogP contribution in [0.3, 0.4) is 0 Å². The first kappa shape index (κ1) is 15.5.